The number of rotatable bonds is 7. The highest BCUT2D eigenvalue weighted by Gasteiger charge is 2.13. The van der Waals surface area contributed by atoms with E-state index in [1.807, 2.05) is 99.7 Å². The fraction of sp³-hybridized carbons (Fsp3) is 0.108. The molecular weight excluding hydrogens is 522 g/mol. The Hall–Kier alpha value is -4.60. The number of hydrogen-bond acceptors (Lipinski definition) is 3. The number of hydrogen-bond donors (Lipinski definition) is 0. The zero-order valence-electron chi connectivity index (χ0n) is 24.4. The predicted molar refractivity (Wildman–Crippen MR) is 180 cm³/mol. The quantitative estimate of drug-likeness (QED) is 0.167. The molecule has 3 nitrogen and oxygen atoms in total. The molecule has 3 aromatic carbocycles. The maximum Gasteiger partial charge on any atom is 0.164 e. The van der Waals surface area contributed by atoms with Crippen molar-refractivity contribution in [3.8, 4) is 33.9 Å². The minimum absolute atomic E-state index is 0.580. The molecule has 0 spiro atoms. The molecule has 1 aromatic heterocycles. The highest BCUT2D eigenvalue weighted by Crippen LogP contribution is 2.28. The third-order valence-electron chi connectivity index (χ3n) is 5.50. The second-order valence-corrected chi connectivity index (χ2v) is 9.22. The van der Waals surface area contributed by atoms with Crippen molar-refractivity contribution in [2.45, 2.75) is 27.7 Å². The molecule has 208 valence electrons. The van der Waals surface area contributed by atoms with E-state index in [0.717, 1.165) is 27.8 Å². The monoisotopic (exact) mass is 559 g/mol. The largest absolute Gasteiger partial charge is 0.208 e. The third kappa shape index (κ3) is 10.5. The molecule has 0 amide bonds. The first-order valence-corrected chi connectivity index (χ1v) is 13.7. The summed E-state index contributed by atoms with van der Waals surface area (Å²) in [4.78, 5) is 14.4. The van der Waals surface area contributed by atoms with E-state index >= 15 is 0 Å². The van der Waals surface area contributed by atoms with Gasteiger partial charge in [-0.1, -0.05) is 134 Å². The minimum Gasteiger partial charge on any atom is -0.208 e. The Kier molecular flexibility index (Phi) is 14.2. The Bertz CT molecular complexity index is 1530. The van der Waals surface area contributed by atoms with Crippen molar-refractivity contribution >= 4 is 17.2 Å². The summed E-state index contributed by atoms with van der Waals surface area (Å²) in [7, 11) is 0. The van der Waals surface area contributed by atoms with Crippen LogP contribution in [0, 0.1) is 6.92 Å². The molecule has 0 radical (unpaired) electrons. The van der Waals surface area contributed by atoms with Gasteiger partial charge in [-0.2, -0.15) is 0 Å². The van der Waals surface area contributed by atoms with Gasteiger partial charge in [0.15, 0.2) is 17.5 Å². The summed E-state index contributed by atoms with van der Waals surface area (Å²) in [5.41, 5.74) is 5.93. The molecule has 0 aliphatic rings. The van der Waals surface area contributed by atoms with E-state index in [-0.39, 0.29) is 0 Å². The van der Waals surface area contributed by atoms with Crippen LogP contribution in [0.3, 0.4) is 0 Å². The molecule has 0 atom stereocenters. The Morgan fingerprint density at radius 2 is 1.24 bits per heavy atom. The summed E-state index contributed by atoms with van der Waals surface area (Å²) in [6, 6.07) is 24.1. The Morgan fingerprint density at radius 1 is 0.683 bits per heavy atom. The van der Waals surface area contributed by atoms with Crippen molar-refractivity contribution in [2.75, 3.05) is 0 Å². The van der Waals surface area contributed by atoms with Gasteiger partial charge in [-0.25, -0.2) is 15.0 Å². The van der Waals surface area contributed by atoms with Gasteiger partial charge < -0.3 is 0 Å². The molecule has 0 unspecified atom stereocenters. The summed E-state index contributed by atoms with van der Waals surface area (Å²) >= 11 is 6.21. The van der Waals surface area contributed by atoms with E-state index in [1.165, 1.54) is 5.56 Å². The van der Waals surface area contributed by atoms with Crippen LogP contribution in [-0.4, -0.2) is 15.0 Å². The average molecular weight is 560 g/mol. The van der Waals surface area contributed by atoms with Gasteiger partial charge in [-0.15, -0.1) is 6.58 Å². The van der Waals surface area contributed by atoms with Gasteiger partial charge in [-0.05, 0) is 57.0 Å². The van der Waals surface area contributed by atoms with Crippen molar-refractivity contribution in [3.63, 3.8) is 0 Å². The smallest absolute Gasteiger partial charge is 0.164 e. The summed E-state index contributed by atoms with van der Waals surface area (Å²) in [6.07, 6.45) is 15.0. The zero-order chi connectivity index (χ0) is 30.0. The van der Waals surface area contributed by atoms with Crippen LogP contribution in [0.1, 0.15) is 32.2 Å². The van der Waals surface area contributed by atoms with Gasteiger partial charge in [0.05, 0.1) is 0 Å². The van der Waals surface area contributed by atoms with E-state index in [0.29, 0.717) is 22.5 Å². The first-order valence-electron chi connectivity index (χ1n) is 13.4. The maximum absolute atomic E-state index is 6.21. The molecule has 0 bridgehead atoms. The number of nitrogens with zero attached hydrogens (tertiary/aromatic N) is 3. The van der Waals surface area contributed by atoms with Crippen LogP contribution in [0.2, 0.25) is 5.02 Å². The maximum atomic E-state index is 6.21. The van der Waals surface area contributed by atoms with Gasteiger partial charge in [0, 0.05) is 21.7 Å². The van der Waals surface area contributed by atoms with Crippen molar-refractivity contribution in [1.29, 1.82) is 0 Å². The number of benzene rings is 3. The van der Waals surface area contributed by atoms with Gasteiger partial charge in [0.2, 0.25) is 0 Å². The standard InChI is InChI=1S/C29H24ClN3.C5H8.C3H6/c1-4-6-9-21(5-2)27-31-28(22-16-14-20(3)15-17-22)33-29(32-27)25-12-7-10-23(18-25)24-11-8-13-26(30)19-24;1-3-5-4-2;1-3-2/h4-19H,2H2,1,3H3;3-5H,1H2,2H3;3H,1H2,2H3/b6-4-,21-9+;5-4-;. The molecule has 0 aliphatic carbocycles. The summed E-state index contributed by atoms with van der Waals surface area (Å²) in [5.74, 6) is 1.81. The van der Waals surface area contributed by atoms with Crippen molar-refractivity contribution < 1.29 is 0 Å². The molecule has 4 aromatic rings. The lowest BCUT2D eigenvalue weighted by molar-refractivity contribution is 1.04. The summed E-state index contributed by atoms with van der Waals surface area (Å²) in [6.45, 7) is 18.7. The molecule has 4 rings (SSSR count). The van der Waals surface area contributed by atoms with Gasteiger partial charge in [0.25, 0.3) is 0 Å². The Morgan fingerprint density at radius 3 is 1.78 bits per heavy atom. The molecule has 1 heterocycles. The average Bonchev–Trinajstić information content (AvgIpc) is 2.99. The van der Waals surface area contributed by atoms with Crippen LogP contribution in [0.4, 0.5) is 0 Å². The van der Waals surface area contributed by atoms with Crippen LogP contribution >= 0.6 is 11.6 Å². The first kappa shape index (κ1) is 32.6. The van der Waals surface area contributed by atoms with E-state index in [1.54, 1.807) is 18.2 Å². The number of aromatic nitrogens is 3. The minimum atomic E-state index is 0.580. The van der Waals surface area contributed by atoms with Crippen LogP contribution < -0.4 is 0 Å². The van der Waals surface area contributed by atoms with Crippen molar-refractivity contribution in [2.24, 2.45) is 0 Å². The van der Waals surface area contributed by atoms with E-state index in [9.17, 15) is 0 Å². The van der Waals surface area contributed by atoms with Crippen LogP contribution in [0.5, 0.6) is 0 Å². The lowest BCUT2D eigenvalue weighted by atomic mass is 10.0. The third-order valence-corrected chi connectivity index (χ3v) is 5.73. The predicted octanol–water partition coefficient (Wildman–Crippen LogP) is 10.9. The molecule has 4 heteroatoms. The lowest BCUT2D eigenvalue weighted by Crippen LogP contribution is -2.02. The second-order valence-electron chi connectivity index (χ2n) is 8.79. The molecular formula is C37H38ClN3. The molecule has 41 heavy (non-hydrogen) atoms. The lowest BCUT2D eigenvalue weighted by Gasteiger charge is -2.10. The van der Waals surface area contributed by atoms with Crippen molar-refractivity contribution in [1.82, 2.24) is 15.0 Å². The molecule has 0 fully saturated rings. The molecule has 0 aliphatic heterocycles. The molecule has 0 saturated heterocycles. The van der Waals surface area contributed by atoms with Gasteiger partial charge >= 0.3 is 0 Å². The SMILES string of the molecule is C=C/C(=C\C=C/C)c1nc(-c2ccc(C)cc2)nc(-c2cccc(-c3cccc(Cl)c3)c2)n1.C=C/C=C\C.C=CC. The van der Waals surface area contributed by atoms with Crippen LogP contribution in [0.25, 0.3) is 39.5 Å². The van der Waals surface area contributed by atoms with Crippen LogP contribution in [0.15, 0.2) is 141 Å². The number of halogens is 1. The highest BCUT2D eigenvalue weighted by atomic mass is 35.5. The number of aryl methyl sites for hydroxylation is 1. The van der Waals surface area contributed by atoms with Crippen molar-refractivity contribution in [3.05, 3.63) is 158 Å². The second kappa shape index (κ2) is 17.9. The normalized spacial score (nSPS) is 10.8. The fourth-order valence-electron chi connectivity index (χ4n) is 3.54. The Balaban J connectivity index is 0.000000653. The molecule has 0 N–H and O–H groups in total. The Labute approximate surface area is 250 Å². The topological polar surface area (TPSA) is 38.7 Å². The highest BCUT2D eigenvalue weighted by molar-refractivity contribution is 6.30. The summed E-state index contributed by atoms with van der Waals surface area (Å²) < 4.78 is 0. The van der Waals surface area contributed by atoms with Gasteiger partial charge in [0.1, 0.15) is 0 Å². The van der Waals surface area contributed by atoms with Crippen LogP contribution in [-0.2, 0) is 0 Å². The van der Waals surface area contributed by atoms with Gasteiger partial charge in [-0.3, -0.25) is 0 Å². The van der Waals surface area contributed by atoms with E-state index in [2.05, 4.69) is 50.9 Å². The van der Waals surface area contributed by atoms with E-state index < -0.39 is 0 Å². The zero-order valence-corrected chi connectivity index (χ0v) is 25.1. The van der Waals surface area contributed by atoms with E-state index in [4.69, 9.17) is 26.6 Å². The fourth-order valence-corrected chi connectivity index (χ4v) is 3.73. The first-order chi connectivity index (χ1) is 19.9. The molecule has 0 saturated carbocycles. The summed E-state index contributed by atoms with van der Waals surface area (Å²) in [5, 5.41) is 0.701. The number of allylic oxidation sites excluding steroid dienone is 9.